The average Bonchev–Trinajstić information content (AvgIpc) is 3.28. The molecule has 1 unspecified atom stereocenters. The number of ether oxygens (including phenoxy) is 1. The fourth-order valence-corrected chi connectivity index (χ4v) is 4.01. The monoisotopic (exact) mass is 437 g/mol. The van der Waals surface area contributed by atoms with E-state index in [1.54, 1.807) is 11.7 Å². The third kappa shape index (κ3) is 3.57. The highest BCUT2D eigenvalue weighted by atomic mass is 16.5. The Hall–Kier alpha value is -3.82. The van der Waals surface area contributed by atoms with Crippen molar-refractivity contribution < 1.29 is 23.7 Å². The van der Waals surface area contributed by atoms with E-state index in [4.69, 9.17) is 0 Å². The van der Waals surface area contributed by atoms with E-state index in [1.807, 2.05) is 55.7 Å². The van der Waals surface area contributed by atoms with E-state index >= 15 is 0 Å². The Morgan fingerprint density at radius 2 is 1.94 bits per heavy atom. The smallest absolute Gasteiger partial charge is 0.421 e. The Balaban J connectivity index is 1.84. The van der Waals surface area contributed by atoms with Crippen molar-refractivity contribution in [2.24, 2.45) is 4.99 Å². The fourth-order valence-electron chi connectivity index (χ4n) is 4.01. The van der Waals surface area contributed by atoms with Gasteiger partial charge in [-0.25, -0.2) is 14.3 Å². The van der Waals surface area contributed by atoms with Crippen LogP contribution in [0.15, 0.2) is 35.3 Å². The number of aromatic nitrogens is 2. The third-order valence-electron chi connectivity index (χ3n) is 5.54. The third-order valence-corrected chi connectivity index (χ3v) is 5.54. The molecule has 1 saturated heterocycles. The number of fused-ring (bicyclic) bond motifs is 1. The predicted molar refractivity (Wildman–Crippen MR) is 115 cm³/mol. The number of carbonyl (C=O) groups excluding carboxylic acids is 3. The number of aliphatic imine (C=N–C) groups is 1. The molecule has 32 heavy (non-hydrogen) atoms. The molecule has 2 aromatic rings. The van der Waals surface area contributed by atoms with Gasteiger partial charge >= 0.3 is 18.0 Å². The molecule has 0 aliphatic carbocycles. The Morgan fingerprint density at radius 1 is 1.19 bits per heavy atom. The summed E-state index contributed by atoms with van der Waals surface area (Å²) in [5.74, 6) is -0.450. The van der Waals surface area contributed by atoms with Gasteiger partial charge in [-0.1, -0.05) is 34.8 Å². The predicted octanol–water partition coefficient (Wildman–Crippen LogP) is 1.07. The van der Waals surface area contributed by atoms with E-state index in [0.29, 0.717) is 18.3 Å². The van der Waals surface area contributed by atoms with E-state index in [-0.39, 0.29) is 0 Å². The number of methoxy groups -OCH3 is 1. The highest BCUT2D eigenvalue weighted by Crippen LogP contribution is 2.23. The number of amides is 3. The lowest BCUT2D eigenvalue weighted by molar-refractivity contribution is -0.553. The number of esters is 1. The van der Waals surface area contributed by atoms with Gasteiger partial charge in [-0.2, -0.15) is 0 Å². The first-order valence-electron chi connectivity index (χ1n) is 10.2. The Labute approximate surface area is 185 Å². The quantitative estimate of drug-likeness (QED) is 0.526. The van der Waals surface area contributed by atoms with Gasteiger partial charge < -0.3 is 4.74 Å². The van der Waals surface area contributed by atoms with Gasteiger partial charge in [0.15, 0.2) is 0 Å². The summed E-state index contributed by atoms with van der Waals surface area (Å²) in [5, 5.41) is 4.54. The zero-order valence-electron chi connectivity index (χ0n) is 18.7. The first kappa shape index (κ1) is 21.4. The topological polar surface area (TPSA) is 100 Å². The lowest BCUT2D eigenvalue weighted by atomic mass is 10.1. The van der Waals surface area contributed by atoms with Crippen molar-refractivity contribution in [1.29, 1.82) is 0 Å². The minimum absolute atomic E-state index is 0.302. The number of nitrogens with zero attached hydrogens (tertiary/aromatic N) is 6. The average molecular weight is 437 g/mol. The largest absolute Gasteiger partial charge is 0.468 e. The molecule has 1 aromatic carbocycles. The zero-order chi connectivity index (χ0) is 23.2. The second-order valence-electron chi connectivity index (χ2n) is 7.97. The van der Waals surface area contributed by atoms with Crippen LogP contribution in [-0.2, 0) is 20.9 Å². The Morgan fingerprint density at radius 3 is 2.56 bits per heavy atom. The number of hydrogen-bond donors (Lipinski definition) is 0. The molecular formula is C22H25N6O4+. The molecule has 0 N–H and O–H groups in total. The van der Waals surface area contributed by atoms with Gasteiger partial charge in [0.2, 0.25) is 11.9 Å². The second kappa shape index (κ2) is 8.03. The van der Waals surface area contributed by atoms with Gasteiger partial charge in [0.1, 0.15) is 12.2 Å². The fraction of sp³-hybridized carbons (Fsp3) is 0.364. The Bertz CT molecular complexity index is 1190. The summed E-state index contributed by atoms with van der Waals surface area (Å²) in [5.41, 5.74) is 3.73. The minimum Gasteiger partial charge on any atom is -0.468 e. The zero-order valence-corrected chi connectivity index (χ0v) is 18.7. The first-order valence-corrected chi connectivity index (χ1v) is 10.2. The highest BCUT2D eigenvalue weighted by molar-refractivity contribution is 6.23. The number of urea groups is 1. The number of likely N-dealkylation sites (N-methyl/N-ethyl adjacent to an activating group) is 1. The molecule has 2 aliphatic heterocycles. The summed E-state index contributed by atoms with van der Waals surface area (Å²) in [7, 11) is 2.76. The number of hydrogen-bond acceptors (Lipinski definition) is 6. The van der Waals surface area contributed by atoms with Crippen molar-refractivity contribution in [2.75, 3.05) is 20.7 Å². The van der Waals surface area contributed by atoms with Gasteiger partial charge in [0.05, 0.1) is 19.3 Å². The first-order chi connectivity index (χ1) is 15.2. The van der Waals surface area contributed by atoms with Crippen molar-refractivity contribution in [3.8, 4) is 0 Å². The minimum atomic E-state index is -0.873. The number of amidine groups is 1. The van der Waals surface area contributed by atoms with Gasteiger partial charge in [-0.3, -0.25) is 14.5 Å². The molecule has 166 valence electrons. The molecule has 10 heteroatoms. The van der Waals surface area contributed by atoms with E-state index in [2.05, 4.69) is 14.8 Å². The SMILES string of the molecule is COC(=O)CN1C(=O)C2C(=NC(n3nc(C)cc3C)=[N+]2Cc2cccc(C)c2)N(C)C1=O. The van der Waals surface area contributed by atoms with E-state index in [0.717, 1.165) is 27.4 Å². The van der Waals surface area contributed by atoms with Crippen LogP contribution < -0.4 is 0 Å². The summed E-state index contributed by atoms with van der Waals surface area (Å²) in [6.07, 6.45) is 0. The Kier molecular flexibility index (Phi) is 5.37. The normalized spacial score (nSPS) is 18.3. The van der Waals surface area contributed by atoms with E-state index in [1.165, 1.54) is 12.0 Å². The van der Waals surface area contributed by atoms with Crippen LogP contribution in [0.25, 0.3) is 0 Å². The summed E-state index contributed by atoms with van der Waals surface area (Å²) < 4.78 is 8.17. The van der Waals surface area contributed by atoms with Crippen molar-refractivity contribution in [3.63, 3.8) is 0 Å². The molecule has 3 heterocycles. The van der Waals surface area contributed by atoms with E-state index < -0.39 is 30.5 Å². The molecular weight excluding hydrogens is 412 g/mol. The molecule has 1 atom stereocenters. The van der Waals surface area contributed by atoms with Crippen molar-refractivity contribution in [3.05, 3.63) is 52.8 Å². The van der Waals surface area contributed by atoms with Gasteiger partial charge in [0.25, 0.3) is 5.91 Å². The lowest BCUT2D eigenvalue weighted by Crippen LogP contribution is -2.63. The molecule has 10 nitrogen and oxygen atoms in total. The highest BCUT2D eigenvalue weighted by Gasteiger charge is 2.53. The van der Waals surface area contributed by atoms with E-state index in [9.17, 15) is 14.4 Å². The van der Waals surface area contributed by atoms with Crippen LogP contribution in [0.1, 0.15) is 22.5 Å². The van der Waals surface area contributed by atoms with Gasteiger partial charge in [0, 0.05) is 7.05 Å². The molecule has 4 rings (SSSR count). The second-order valence-corrected chi connectivity index (χ2v) is 7.97. The molecule has 2 aliphatic rings. The maximum atomic E-state index is 13.5. The molecule has 0 spiro atoms. The van der Waals surface area contributed by atoms with Crippen molar-refractivity contribution in [1.82, 2.24) is 19.6 Å². The molecule has 3 amide bonds. The maximum absolute atomic E-state index is 13.5. The standard InChI is InChI=1S/C22H25N6O4/c1-13-7-6-8-16(9-13)11-26-18-19(23-21(26)28-15(3)10-14(2)24-28)25(4)22(31)27(20(18)30)12-17(29)32-5/h6-10,18H,11-12H2,1-5H3/q+1. The van der Waals surface area contributed by atoms with Crippen LogP contribution in [0.2, 0.25) is 0 Å². The molecule has 1 aromatic heterocycles. The number of rotatable bonds is 4. The lowest BCUT2D eigenvalue weighted by Gasteiger charge is -2.33. The molecule has 0 bridgehead atoms. The van der Waals surface area contributed by atoms with Crippen LogP contribution >= 0.6 is 0 Å². The van der Waals surface area contributed by atoms with Crippen LogP contribution in [0.4, 0.5) is 4.79 Å². The van der Waals surface area contributed by atoms with Crippen molar-refractivity contribution in [2.45, 2.75) is 33.4 Å². The van der Waals surface area contributed by atoms with Crippen LogP contribution in [0.3, 0.4) is 0 Å². The van der Waals surface area contributed by atoms with Crippen molar-refractivity contribution >= 4 is 29.7 Å². The molecule has 0 radical (unpaired) electrons. The van der Waals surface area contributed by atoms with Gasteiger partial charge in [-0.05, 0) is 32.4 Å². The molecule has 1 fully saturated rings. The number of imide groups is 1. The number of carbonyl (C=O) groups is 3. The summed E-state index contributed by atoms with van der Waals surface area (Å²) in [4.78, 5) is 45.0. The maximum Gasteiger partial charge on any atom is 0.421 e. The summed E-state index contributed by atoms with van der Waals surface area (Å²) >= 11 is 0. The summed E-state index contributed by atoms with van der Waals surface area (Å²) in [6.45, 7) is 5.68. The summed E-state index contributed by atoms with van der Waals surface area (Å²) in [6, 6.07) is 8.37. The van der Waals surface area contributed by atoms with Crippen LogP contribution in [0.5, 0.6) is 0 Å². The van der Waals surface area contributed by atoms with Gasteiger partial charge in [-0.15, -0.1) is 9.78 Å². The number of benzene rings is 1. The van der Waals surface area contributed by atoms with Crippen LogP contribution in [0, 0.1) is 20.8 Å². The molecule has 0 saturated carbocycles. The van der Waals surface area contributed by atoms with Crippen LogP contribution in [-0.4, -0.2) is 80.6 Å². The number of aryl methyl sites for hydroxylation is 3.